The Kier molecular flexibility index (Phi) is 4.43. The van der Waals surface area contributed by atoms with Gasteiger partial charge < -0.3 is 15.5 Å². The highest BCUT2D eigenvalue weighted by molar-refractivity contribution is 5.90. The number of rotatable bonds is 2. The molecule has 1 heterocycles. The number of anilines is 1. The Bertz CT molecular complexity index is 451. The van der Waals surface area contributed by atoms with Crippen LogP contribution in [0.4, 0.5) is 10.5 Å². The second-order valence-electron chi connectivity index (χ2n) is 5.40. The number of piperazine rings is 1. The van der Waals surface area contributed by atoms with Crippen molar-refractivity contribution in [3.05, 3.63) is 29.3 Å². The monoisotopic (exact) mass is 261 g/mol. The smallest absolute Gasteiger partial charge is 0.321 e. The van der Waals surface area contributed by atoms with Crippen LogP contribution < -0.4 is 10.6 Å². The molecule has 1 aliphatic heterocycles. The van der Waals surface area contributed by atoms with Gasteiger partial charge in [0.05, 0.1) is 0 Å². The Morgan fingerprint density at radius 2 is 2.00 bits per heavy atom. The molecule has 1 saturated heterocycles. The summed E-state index contributed by atoms with van der Waals surface area (Å²) in [5.41, 5.74) is 3.28. The molecule has 2 N–H and O–H groups in total. The predicted molar refractivity (Wildman–Crippen MR) is 78.7 cm³/mol. The van der Waals surface area contributed by atoms with Crippen molar-refractivity contribution in [3.63, 3.8) is 0 Å². The number of hydrogen-bond acceptors (Lipinski definition) is 2. The van der Waals surface area contributed by atoms with E-state index in [4.69, 9.17) is 0 Å². The quantitative estimate of drug-likeness (QED) is 0.859. The minimum atomic E-state index is 0.00510. The summed E-state index contributed by atoms with van der Waals surface area (Å²) in [5, 5.41) is 6.28. The van der Waals surface area contributed by atoms with Gasteiger partial charge in [-0.05, 0) is 30.0 Å². The molecule has 0 atom stereocenters. The van der Waals surface area contributed by atoms with Crippen molar-refractivity contribution in [2.24, 2.45) is 0 Å². The van der Waals surface area contributed by atoms with Crippen LogP contribution >= 0.6 is 0 Å². The van der Waals surface area contributed by atoms with Gasteiger partial charge in [-0.25, -0.2) is 4.79 Å². The van der Waals surface area contributed by atoms with E-state index in [1.807, 2.05) is 11.8 Å². The predicted octanol–water partition coefficient (Wildman–Crippen LogP) is 2.56. The first-order valence-electron chi connectivity index (χ1n) is 6.95. The van der Waals surface area contributed by atoms with E-state index in [2.05, 4.69) is 42.7 Å². The molecule has 0 saturated carbocycles. The van der Waals surface area contributed by atoms with Gasteiger partial charge in [0, 0.05) is 31.9 Å². The molecule has 2 rings (SSSR count). The normalized spacial score (nSPS) is 15.7. The number of amides is 2. The molecule has 1 fully saturated rings. The highest BCUT2D eigenvalue weighted by atomic mass is 16.2. The topological polar surface area (TPSA) is 44.4 Å². The molecule has 1 aromatic rings. The Morgan fingerprint density at radius 1 is 1.32 bits per heavy atom. The van der Waals surface area contributed by atoms with Crippen LogP contribution in [-0.2, 0) is 0 Å². The van der Waals surface area contributed by atoms with E-state index < -0.39 is 0 Å². The van der Waals surface area contributed by atoms with Gasteiger partial charge in [-0.2, -0.15) is 0 Å². The van der Waals surface area contributed by atoms with Crippen molar-refractivity contribution in [1.82, 2.24) is 10.2 Å². The van der Waals surface area contributed by atoms with Crippen LogP contribution in [0, 0.1) is 6.92 Å². The van der Waals surface area contributed by atoms with Crippen LogP contribution in [0.1, 0.15) is 30.9 Å². The lowest BCUT2D eigenvalue weighted by molar-refractivity contribution is 0.204. The molecule has 4 nitrogen and oxygen atoms in total. The molecule has 0 aliphatic carbocycles. The third kappa shape index (κ3) is 3.47. The van der Waals surface area contributed by atoms with E-state index in [0.29, 0.717) is 5.92 Å². The fourth-order valence-corrected chi connectivity index (χ4v) is 2.20. The number of aryl methyl sites for hydroxylation is 1. The highest BCUT2D eigenvalue weighted by Crippen LogP contribution is 2.22. The Hall–Kier alpha value is -1.55. The third-order valence-corrected chi connectivity index (χ3v) is 3.57. The van der Waals surface area contributed by atoms with Gasteiger partial charge in [0.2, 0.25) is 0 Å². The fourth-order valence-electron chi connectivity index (χ4n) is 2.20. The zero-order valence-electron chi connectivity index (χ0n) is 12.0. The number of carbonyl (C=O) groups excluding carboxylic acids is 1. The largest absolute Gasteiger partial charge is 0.322 e. The third-order valence-electron chi connectivity index (χ3n) is 3.57. The summed E-state index contributed by atoms with van der Waals surface area (Å²) in [6.45, 7) is 9.64. The maximum atomic E-state index is 12.2. The summed E-state index contributed by atoms with van der Waals surface area (Å²) in [6, 6.07) is 6.29. The van der Waals surface area contributed by atoms with E-state index in [9.17, 15) is 4.79 Å². The lowest BCUT2D eigenvalue weighted by atomic mass is 10.0. The maximum Gasteiger partial charge on any atom is 0.321 e. The summed E-state index contributed by atoms with van der Waals surface area (Å²) in [6.07, 6.45) is 0. The van der Waals surface area contributed by atoms with Crippen molar-refractivity contribution in [1.29, 1.82) is 0 Å². The van der Waals surface area contributed by atoms with Crippen LogP contribution in [0.25, 0.3) is 0 Å². The van der Waals surface area contributed by atoms with Crippen molar-refractivity contribution in [3.8, 4) is 0 Å². The lowest BCUT2D eigenvalue weighted by Crippen LogP contribution is -2.48. The SMILES string of the molecule is Cc1ccc(C(C)C)cc1NC(=O)N1CCNCC1. The van der Waals surface area contributed by atoms with Gasteiger partial charge in [-0.15, -0.1) is 0 Å². The van der Waals surface area contributed by atoms with E-state index in [0.717, 1.165) is 37.4 Å². The summed E-state index contributed by atoms with van der Waals surface area (Å²) in [5.74, 6) is 0.468. The van der Waals surface area contributed by atoms with Crippen molar-refractivity contribution in [2.75, 3.05) is 31.5 Å². The first kappa shape index (κ1) is 13.9. The standard InChI is InChI=1S/C15H23N3O/c1-11(2)13-5-4-12(3)14(10-13)17-15(19)18-8-6-16-7-9-18/h4-5,10-11,16H,6-9H2,1-3H3,(H,17,19). The van der Waals surface area contributed by atoms with Gasteiger partial charge in [0.15, 0.2) is 0 Å². The van der Waals surface area contributed by atoms with Crippen LogP contribution in [-0.4, -0.2) is 37.1 Å². The molecule has 2 amide bonds. The van der Waals surface area contributed by atoms with Crippen molar-refractivity contribution < 1.29 is 4.79 Å². The number of urea groups is 1. The summed E-state index contributed by atoms with van der Waals surface area (Å²) < 4.78 is 0. The minimum Gasteiger partial charge on any atom is -0.322 e. The van der Waals surface area contributed by atoms with Gasteiger partial charge in [0.1, 0.15) is 0 Å². The molecule has 0 unspecified atom stereocenters. The van der Waals surface area contributed by atoms with E-state index in [-0.39, 0.29) is 6.03 Å². The molecular formula is C15H23N3O. The number of nitrogens with zero attached hydrogens (tertiary/aromatic N) is 1. The Morgan fingerprint density at radius 3 is 2.63 bits per heavy atom. The van der Waals surface area contributed by atoms with E-state index in [1.165, 1.54) is 5.56 Å². The molecule has 1 aliphatic rings. The van der Waals surface area contributed by atoms with E-state index >= 15 is 0 Å². The number of carbonyl (C=O) groups is 1. The number of nitrogens with one attached hydrogen (secondary N) is 2. The summed E-state index contributed by atoms with van der Waals surface area (Å²) in [4.78, 5) is 14.0. The number of hydrogen-bond donors (Lipinski definition) is 2. The Balaban J connectivity index is 2.09. The van der Waals surface area contributed by atoms with Gasteiger partial charge in [-0.3, -0.25) is 0 Å². The molecular weight excluding hydrogens is 238 g/mol. The molecule has 104 valence electrons. The van der Waals surface area contributed by atoms with Crippen LogP contribution in [0.15, 0.2) is 18.2 Å². The Labute approximate surface area is 115 Å². The molecule has 4 heteroatoms. The van der Waals surface area contributed by atoms with Crippen molar-refractivity contribution >= 4 is 11.7 Å². The zero-order chi connectivity index (χ0) is 13.8. The fraction of sp³-hybridized carbons (Fsp3) is 0.533. The van der Waals surface area contributed by atoms with Gasteiger partial charge in [0.25, 0.3) is 0 Å². The van der Waals surface area contributed by atoms with Gasteiger partial charge in [-0.1, -0.05) is 26.0 Å². The molecule has 0 radical (unpaired) electrons. The molecule has 0 bridgehead atoms. The second kappa shape index (κ2) is 6.06. The molecule has 0 spiro atoms. The minimum absolute atomic E-state index is 0.00510. The first-order chi connectivity index (χ1) is 9.08. The molecule has 1 aromatic carbocycles. The van der Waals surface area contributed by atoms with Gasteiger partial charge >= 0.3 is 6.03 Å². The highest BCUT2D eigenvalue weighted by Gasteiger charge is 2.16. The first-order valence-corrected chi connectivity index (χ1v) is 6.95. The summed E-state index contributed by atoms with van der Waals surface area (Å²) >= 11 is 0. The molecule has 0 aromatic heterocycles. The number of benzene rings is 1. The lowest BCUT2D eigenvalue weighted by Gasteiger charge is -2.28. The van der Waals surface area contributed by atoms with Crippen LogP contribution in [0.3, 0.4) is 0 Å². The average molecular weight is 261 g/mol. The summed E-state index contributed by atoms with van der Waals surface area (Å²) in [7, 11) is 0. The van der Waals surface area contributed by atoms with Crippen LogP contribution in [0.2, 0.25) is 0 Å². The maximum absolute atomic E-state index is 12.2. The van der Waals surface area contributed by atoms with Crippen molar-refractivity contribution in [2.45, 2.75) is 26.7 Å². The van der Waals surface area contributed by atoms with Crippen LogP contribution in [0.5, 0.6) is 0 Å². The second-order valence-corrected chi connectivity index (χ2v) is 5.40. The van der Waals surface area contributed by atoms with E-state index in [1.54, 1.807) is 0 Å². The average Bonchev–Trinajstić information content (AvgIpc) is 2.42. The molecule has 19 heavy (non-hydrogen) atoms. The zero-order valence-corrected chi connectivity index (χ0v) is 12.0.